The second-order valence-corrected chi connectivity index (χ2v) is 5.31. The molecule has 0 fully saturated rings. The van der Waals surface area contributed by atoms with Crippen molar-refractivity contribution in [3.8, 4) is 0 Å². The predicted octanol–water partition coefficient (Wildman–Crippen LogP) is 3.03. The van der Waals surface area contributed by atoms with Crippen LogP contribution in [-0.2, 0) is 6.54 Å². The number of halogens is 1. The first-order valence-electron chi connectivity index (χ1n) is 6.19. The summed E-state index contributed by atoms with van der Waals surface area (Å²) in [5.74, 6) is -0.102. The molecule has 0 aliphatic rings. The van der Waals surface area contributed by atoms with Crippen LogP contribution in [0.3, 0.4) is 0 Å². The molecule has 3 aromatic rings. The Kier molecular flexibility index (Phi) is 3.52. The van der Waals surface area contributed by atoms with E-state index in [0.29, 0.717) is 12.1 Å². The lowest BCUT2D eigenvalue weighted by atomic mass is 10.2. The number of fused-ring (bicyclic) bond motifs is 1. The number of amides is 1. The van der Waals surface area contributed by atoms with Gasteiger partial charge in [0, 0.05) is 16.2 Å². The van der Waals surface area contributed by atoms with E-state index < -0.39 is 0 Å². The summed E-state index contributed by atoms with van der Waals surface area (Å²) >= 11 is 3.35. The second kappa shape index (κ2) is 5.46. The molecule has 0 unspecified atom stereocenters. The highest BCUT2D eigenvalue weighted by Gasteiger charge is 2.06. The normalized spacial score (nSPS) is 10.7. The number of benzene rings is 1. The molecule has 2 aromatic heterocycles. The molecule has 100 valence electrons. The Balaban J connectivity index is 1.69. The van der Waals surface area contributed by atoms with Crippen LogP contribution in [0.15, 0.2) is 59.2 Å². The lowest BCUT2D eigenvalue weighted by molar-refractivity contribution is 0.0950. The van der Waals surface area contributed by atoms with E-state index in [1.54, 1.807) is 16.6 Å². The smallest absolute Gasteiger partial charge is 0.251 e. The van der Waals surface area contributed by atoms with Crippen LogP contribution in [0.1, 0.15) is 16.1 Å². The molecule has 0 aliphatic carbocycles. The Hall–Kier alpha value is -2.14. The summed E-state index contributed by atoms with van der Waals surface area (Å²) in [5, 5.41) is 7.25. The summed E-state index contributed by atoms with van der Waals surface area (Å²) in [6.45, 7) is 0.413. The van der Waals surface area contributed by atoms with Gasteiger partial charge in [-0.3, -0.25) is 4.79 Å². The zero-order chi connectivity index (χ0) is 13.9. The van der Waals surface area contributed by atoms with Crippen LogP contribution < -0.4 is 5.32 Å². The molecular formula is C15H12BrN3O. The number of nitrogens with one attached hydrogen (secondary N) is 1. The molecule has 20 heavy (non-hydrogen) atoms. The fraction of sp³-hybridized carbons (Fsp3) is 0.0667. The van der Waals surface area contributed by atoms with Crippen molar-refractivity contribution >= 4 is 27.4 Å². The number of pyridine rings is 1. The first-order valence-corrected chi connectivity index (χ1v) is 6.99. The van der Waals surface area contributed by atoms with Crippen LogP contribution in [0.4, 0.5) is 0 Å². The van der Waals surface area contributed by atoms with Crippen molar-refractivity contribution < 1.29 is 4.79 Å². The van der Waals surface area contributed by atoms with Gasteiger partial charge >= 0.3 is 0 Å². The average molecular weight is 330 g/mol. The third-order valence-corrected chi connectivity index (χ3v) is 3.49. The minimum Gasteiger partial charge on any atom is -0.346 e. The second-order valence-electron chi connectivity index (χ2n) is 4.40. The zero-order valence-electron chi connectivity index (χ0n) is 10.6. The molecule has 2 heterocycles. The number of rotatable bonds is 3. The monoisotopic (exact) mass is 329 g/mol. The van der Waals surface area contributed by atoms with Crippen molar-refractivity contribution in [1.29, 1.82) is 0 Å². The van der Waals surface area contributed by atoms with Gasteiger partial charge in [-0.15, -0.1) is 0 Å². The Labute approximate surface area is 124 Å². The van der Waals surface area contributed by atoms with Gasteiger partial charge < -0.3 is 5.32 Å². The lowest BCUT2D eigenvalue weighted by Crippen LogP contribution is -2.22. The van der Waals surface area contributed by atoms with Gasteiger partial charge in [0.1, 0.15) is 0 Å². The number of hydrogen-bond donors (Lipinski definition) is 1. The molecule has 0 bridgehead atoms. The van der Waals surface area contributed by atoms with Gasteiger partial charge in [0.15, 0.2) is 0 Å². The Morgan fingerprint density at radius 1 is 1.20 bits per heavy atom. The summed E-state index contributed by atoms with van der Waals surface area (Å²) < 4.78 is 2.75. The molecule has 3 rings (SSSR count). The van der Waals surface area contributed by atoms with E-state index in [1.165, 1.54) is 0 Å². The SMILES string of the molecule is O=C(NCc1cc2ccccn2n1)c1ccc(Br)cc1. The highest BCUT2D eigenvalue weighted by atomic mass is 79.9. The number of nitrogens with zero attached hydrogens (tertiary/aromatic N) is 2. The maximum absolute atomic E-state index is 12.0. The zero-order valence-corrected chi connectivity index (χ0v) is 12.2. The fourth-order valence-corrected chi connectivity index (χ4v) is 2.22. The van der Waals surface area contributed by atoms with Gasteiger partial charge in [-0.2, -0.15) is 5.10 Å². The number of carbonyl (C=O) groups excluding carboxylic acids is 1. The van der Waals surface area contributed by atoms with E-state index in [2.05, 4.69) is 26.3 Å². The van der Waals surface area contributed by atoms with Crippen LogP contribution in [0.2, 0.25) is 0 Å². The van der Waals surface area contributed by atoms with Crippen LogP contribution in [0, 0.1) is 0 Å². The topological polar surface area (TPSA) is 46.4 Å². The highest BCUT2D eigenvalue weighted by molar-refractivity contribution is 9.10. The van der Waals surface area contributed by atoms with Crippen molar-refractivity contribution in [1.82, 2.24) is 14.9 Å². The number of aromatic nitrogens is 2. The maximum Gasteiger partial charge on any atom is 0.251 e. The molecule has 1 amide bonds. The van der Waals surface area contributed by atoms with Crippen LogP contribution >= 0.6 is 15.9 Å². The first kappa shape index (κ1) is 12.9. The molecule has 0 atom stereocenters. The molecule has 1 N–H and O–H groups in total. The van der Waals surface area contributed by atoms with E-state index in [-0.39, 0.29) is 5.91 Å². The highest BCUT2D eigenvalue weighted by Crippen LogP contribution is 2.11. The predicted molar refractivity (Wildman–Crippen MR) is 80.5 cm³/mol. The summed E-state index contributed by atoms with van der Waals surface area (Å²) in [5.41, 5.74) is 2.49. The molecule has 5 heteroatoms. The molecule has 0 saturated heterocycles. The van der Waals surface area contributed by atoms with Crippen LogP contribution in [0.5, 0.6) is 0 Å². The molecule has 0 saturated carbocycles. The van der Waals surface area contributed by atoms with Crippen molar-refractivity contribution in [3.05, 3.63) is 70.5 Å². The van der Waals surface area contributed by atoms with Gasteiger partial charge in [-0.05, 0) is 42.5 Å². The maximum atomic E-state index is 12.0. The molecule has 0 aliphatic heterocycles. The van der Waals surface area contributed by atoms with Gasteiger partial charge in [0.05, 0.1) is 17.8 Å². The summed E-state index contributed by atoms with van der Waals surface area (Å²) in [6, 6.07) is 15.1. The Morgan fingerprint density at radius 2 is 2.00 bits per heavy atom. The van der Waals surface area contributed by atoms with E-state index >= 15 is 0 Å². The molecule has 0 spiro atoms. The third-order valence-electron chi connectivity index (χ3n) is 2.96. The lowest BCUT2D eigenvalue weighted by Gasteiger charge is -2.03. The first-order chi connectivity index (χ1) is 9.72. The van der Waals surface area contributed by atoms with Gasteiger partial charge in [-0.25, -0.2) is 4.52 Å². The van der Waals surface area contributed by atoms with Gasteiger partial charge in [0.25, 0.3) is 5.91 Å². The largest absolute Gasteiger partial charge is 0.346 e. The van der Waals surface area contributed by atoms with Crippen molar-refractivity contribution in [3.63, 3.8) is 0 Å². The van der Waals surface area contributed by atoms with Gasteiger partial charge in [-0.1, -0.05) is 22.0 Å². The number of hydrogen-bond acceptors (Lipinski definition) is 2. The van der Waals surface area contributed by atoms with E-state index in [0.717, 1.165) is 15.7 Å². The quantitative estimate of drug-likeness (QED) is 0.802. The number of carbonyl (C=O) groups is 1. The Bertz CT molecular complexity index is 716. The molecular weight excluding hydrogens is 318 g/mol. The van der Waals surface area contributed by atoms with Crippen molar-refractivity contribution in [2.45, 2.75) is 6.54 Å². The van der Waals surface area contributed by atoms with E-state index in [9.17, 15) is 4.79 Å². The van der Waals surface area contributed by atoms with E-state index in [4.69, 9.17) is 0 Å². The fourth-order valence-electron chi connectivity index (χ4n) is 1.95. The minimum atomic E-state index is -0.102. The van der Waals surface area contributed by atoms with Crippen molar-refractivity contribution in [2.75, 3.05) is 0 Å². The van der Waals surface area contributed by atoms with Crippen LogP contribution in [-0.4, -0.2) is 15.5 Å². The van der Waals surface area contributed by atoms with Crippen molar-refractivity contribution in [2.24, 2.45) is 0 Å². The van der Waals surface area contributed by atoms with Gasteiger partial charge in [0.2, 0.25) is 0 Å². The van der Waals surface area contributed by atoms with Crippen LogP contribution in [0.25, 0.3) is 5.52 Å². The molecule has 0 radical (unpaired) electrons. The standard InChI is InChI=1S/C15H12BrN3O/c16-12-6-4-11(5-7-12)15(20)17-10-13-9-14-3-1-2-8-19(14)18-13/h1-9H,10H2,(H,17,20). The third kappa shape index (κ3) is 2.72. The Morgan fingerprint density at radius 3 is 2.75 bits per heavy atom. The van der Waals surface area contributed by atoms with E-state index in [1.807, 2.05) is 42.6 Å². The summed E-state index contributed by atoms with van der Waals surface area (Å²) in [4.78, 5) is 12.0. The molecule has 1 aromatic carbocycles. The average Bonchev–Trinajstić information content (AvgIpc) is 2.88. The summed E-state index contributed by atoms with van der Waals surface area (Å²) in [7, 11) is 0. The summed E-state index contributed by atoms with van der Waals surface area (Å²) in [6.07, 6.45) is 1.88. The molecule has 4 nitrogen and oxygen atoms in total. The minimum absolute atomic E-state index is 0.102.